The van der Waals surface area contributed by atoms with E-state index in [-0.39, 0.29) is 11.1 Å². The first-order chi connectivity index (χ1) is 10.1. The van der Waals surface area contributed by atoms with Crippen LogP contribution in [0, 0.1) is 6.92 Å². The Balaban J connectivity index is 2.07. The van der Waals surface area contributed by atoms with Crippen LogP contribution in [0.15, 0.2) is 35.1 Å². The molecule has 1 aromatic heterocycles. The molecule has 0 bridgehead atoms. The zero-order valence-corrected chi connectivity index (χ0v) is 12.3. The molecule has 0 amide bonds. The molecule has 0 atom stereocenters. The Morgan fingerprint density at radius 2 is 1.90 bits per heavy atom. The van der Waals surface area contributed by atoms with Gasteiger partial charge in [0.2, 0.25) is 0 Å². The van der Waals surface area contributed by atoms with Crippen LogP contribution in [0.3, 0.4) is 0 Å². The average molecular weight is 282 g/mol. The standard InChI is InChI=1S/C17H18N2O2/c1-12-9-16(15(11-20)17(21)18(12)2)19-8-7-13-5-3-4-6-14(13)10-19/h3-6,9,11H,7-8,10H2,1-2H3. The van der Waals surface area contributed by atoms with Gasteiger partial charge in [0.15, 0.2) is 6.29 Å². The smallest absolute Gasteiger partial charge is 0.263 e. The zero-order valence-electron chi connectivity index (χ0n) is 12.3. The molecule has 0 N–H and O–H groups in total. The number of nitrogens with zero attached hydrogens (tertiary/aromatic N) is 2. The van der Waals surface area contributed by atoms with E-state index < -0.39 is 0 Å². The molecule has 3 rings (SSSR count). The number of anilines is 1. The van der Waals surface area contributed by atoms with E-state index in [1.807, 2.05) is 25.1 Å². The van der Waals surface area contributed by atoms with E-state index in [4.69, 9.17) is 0 Å². The van der Waals surface area contributed by atoms with Crippen molar-refractivity contribution in [2.45, 2.75) is 19.9 Å². The van der Waals surface area contributed by atoms with Gasteiger partial charge in [-0.15, -0.1) is 0 Å². The van der Waals surface area contributed by atoms with Gasteiger partial charge < -0.3 is 9.47 Å². The SMILES string of the molecule is Cc1cc(N2CCc3ccccc3C2)c(C=O)c(=O)n1C. The molecule has 21 heavy (non-hydrogen) atoms. The third-order valence-corrected chi connectivity index (χ3v) is 4.27. The first kappa shape index (κ1) is 13.6. The fourth-order valence-corrected chi connectivity index (χ4v) is 2.90. The number of aldehydes is 1. The van der Waals surface area contributed by atoms with E-state index in [9.17, 15) is 9.59 Å². The molecule has 0 aliphatic carbocycles. The summed E-state index contributed by atoms with van der Waals surface area (Å²) in [6.07, 6.45) is 1.61. The maximum Gasteiger partial charge on any atom is 0.263 e. The Bertz CT molecular complexity index is 762. The van der Waals surface area contributed by atoms with E-state index >= 15 is 0 Å². The number of aryl methyl sites for hydroxylation is 1. The molecule has 0 radical (unpaired) electrons. The van der Waals surface area contributed by atoms with Crippen molar-refractivity contribution in [1.82, 2.24) is 4.57 Å². The second-order valence-electron chi connectivity index (χ2n) is 5.51. The lowest BCUT2D eigenvalue weighted by atomic mass is 9.99. The summed E-state index contributed by atoms with van der Waals surface area (Å²) in [5.74, 6) is 0. The predicted molar refractivity (Wildman–Crippen MR) is 83.0 cm³/mol. The minimum Gasteiger partial charge on any atom is -0.366 e. The van der Waals surface area contributed by atoms with Gasteiger partial charge in [-0.2, -0.15) is 0 Å². The van der Waals surface area contributed by atoms with E-state index in [1.165, 1.54) is 15.7 Å². The summed E-state index contributed by atoms with van der Waals surface area (Å²) >= 11 is 0. The molecule has 0 unspecified atom stereocenters. The van der Waals surface area contributed by atoms with Gasteiger partial charge in [0.25, 0.3) is 5.56 Å². The van der Waals surface area contributed by atoms with Crippen molar-refractivity contribution in [3.8, 4) is 0 Å². The van der Waals surface area contributed by atoms with Gasteiger partial charge in [-0.3, -0.25) is 9.59 Å². The van der Waals surface area contributed by atoms with Crippen LogP contribution < -0.4 is 10.5 Å². The predicted octanol–water partition coefficient (Wildman–Crippen LogP) is 2.07. The van der Waals surface area contributed by atoms with Gasteiger partial charge in [-0.05, 0) is 30.5 Å². The fraction of sp³-hybridized carbons (Fsp3) is 0.294. The first-order valence-electron chi connectivity index (χ1n) is 7.09. The first-order valence-corrected chi connectivity index (χ1v) is 7.09. The number of carbonyl (C=O) groups excluding carboxylic acids is 1. The van der Waals surface area contributed by atoms with Gasteiger partial charge in [0.05, 0.1) is 5.69 Å². The van der Waals surface area contributed by atoms with E-state index in [0.29, 0.717) is 6.29 Å². The van der Waals surface area contributed by atoms with Crippen LogP contribution in [0.2, 0.25) is 0 Å². The summed E-state index contributed by atoms with van der Waals surface area (Å²) in [7, 11) is 1.69. The van der Waals surface area contributed by atoms with Crippen LogP contribution in [-0.2, 0) is 20.0 Å². The minimum absolute atomic E-state index is 0.223. The number of benzene rings is 1. The largest absolute Gasteiger partial charge is 0.366 e. The highest BCUT2D eigenvalue weighted by Crippen LogP contribution is 2.26. The summed E-state index contributed by atoms with van der Waals surface area (Å²) in [5.41, 5.74) is 4.25. The van der Waals surface area contributed by atoms with Crippen LogP contribution in [0.25, 0.3) is 0 Å². The second-order valence-corrected chi connectivity index (χ2v) is 5.51. The molecule has 4 nitrogen and oxygen atoms in total. The highest BCUT2D eigenvalue weighted by atomic mass is 16.1. The highest BCUT2D eigenvalue weighted by Gasteiger charge is 2.21. The van der Waals surface area contributed by atoms with Crippen molar-refractivity contribution in [2.75, 3.05) is 11.4 Å². The maximum atomic E-state index is 12.2. The molecule has 2 aromatic rings. The van der Waals surface area contributed by atoms with Crippen LogP contribution in [-0.4, -0.2) is 17.4 Å². The number of hydrogen-bond donors (Lipinski definition) is 0. The lowest BCUT2D eigenvalue weighted by Crippen LogP contribution is -2.34. The van der Waals surface area contributed by atoms with Crippen LogP contribution >= 0.6 is 0 Å². The Hall–Kier alpha value is -2.36. The van der Waals surface area contributed by atoms with Gasteiger partial charge in [0, 0.05) is 25.8 Å². The summed E-state index contributed by atoms with van der Waals surface area (Å²) in [6, 6.07) is 10.3. The normalized spacial score (nSPS) is 13.9. The van der Waals surface area contributed by atoms with Crippen molar-refractivity contribution in [1.29, 1.82) is 0 Å². The molecule has 1 aliphatic heterocycles. The molecule has 108 valence electrons. The summed E-state index contributed by atoms with van der Waals surface area (Å²) in [5, 5.41) is 0. The molecule has 1 aliphatic rings. The number of rotatable bonds is 2. The third-order valence-electron chi connectivity index (χ3n) is 4.27. The van der Waals surface area contributed by atoms with E-state index in [2.05, 4.69) is 17.0 Å². The molecule has 1 aromatic carbocycles. The zero-order chi connectivity index (χ0) is 15.0. The van der Waals surface area contributed by atoms with Crippen molar-refractivity contribution in [3.05, 3.63) is 63.1 Å². The lowest BCUT2D eigenvalue weighted by molar-refractivity contribution is 0.112. The van der Waals surface area contributed by atoms with Crippen LogP contribution in [0.1, 0.15) is 27.2 Å². The molecule has 2 heterocycles. The van der Waals surface area contributed by atoms with Crippen LogP contribution in [0.4, 0.5) is 5.69 Å². The fourth-order valence-electron chi connectivity index (χ4n) is 2.90. The third kappa shape index (κ3) is 2.27. The maximum absolute atomic E-state index is 12.2. The van der Waals surface area contributed by atoms with Gasteiger partial charge in [0.1, 0.15) is 5.56 Å². The highest BCUT2D eigenvalue weighted by molar-refractivity contribution is 5.84. The topological polar surface area (TPSA) is 42.3 Å². The Labute approximate surface area is 123 Å². The summed E-state index contributed by atoms with van der Waals surface area (Å²) in [4.78, 5) is 25.7. The molecular weight excluding hydrogens is 264 g/mol. The monoisotopic (exact) mass is 282 g/mol. The quantitative estimate of drug-likeness (QED) is 0.792. The number of aromatic nitrogens is 1. The van der Waals surface area contributed by atoms with Crippen LogP contribution in [0.5, 0.6) is 0 Å². The lowest BCUT2D eigenvalue weighted by Gasteiger charge is -2.31. The van der Waals surface area contributed by atoms with E-state index in [0.717, 1.165) is 30.9 Å². The van der Waals surface area contributed by atoms with Gasteiger partial charge in [-0.1, -0.05) is 24.3 Å². The number of carbonyl (C=O) groups is 1. The molecule has 0 spiro atoms. The molecule has 0 fully saturated rings. The van der Waals surface area contributed by atoms with Crippen molar-refractivity contribution >= 4 is 12.0 Å². The molecule has 0 saturated carbocycles. The summed E-state index contributed by atoms with van der Waals surface area (Å²) in [6.45, 7) is 3.45. The van der Waals surface area contributed by atoms with Crippen molar-refractivity contribution in [2.24, 2.45) is 7.05 Å². The minimum atomic E-state index is -0.223. The van der Waals surface area contributed by atoms with Gasteiger partial charge >= 0.3 is 0 Å². The average Bonchev–Trinajstić information content (AvgIpc) is 2.52. The molecule has 4 heteroatoms. The van der Waals surface area contributed by atoms with E-state index in [1.54, 1.807) is 7.05 Å². The second kappa shape index (κ2) is 5.20. The van der Waals surface area contributed by atoms with Crippen molar-refractivity contribution in [3.63, 3.8) is 0 Å². The van der Waals surface area contributed by atoms with Gasteiger partial charge in [-0.25, -0.2) is 0 Å². The molecule has 0 saturated heterocycles. The summed E-state index contributed by atoms with van der Waals surface area (Å²) < 4.78 is 1.52. The Morgan fingerprint density at radius 3 is 2.62 bits per heavy atom. The Kier molecular flexibility index (Phi) is 3.37. The Morgan fingerprint density at radius 1 is 1.19 bits per heavy atom. The van der Waals surface area contributed by atoms with Crippen molar-refractivity contribution < 1.29 is 4.79 Å². The number of hydrogen-bond acceptors (Lipinski definition) is 3. The molecular formula is C17H18N2O2. The number of pyridine rings is 1. The number of fused-ring (bicyclic) bond motifs is 1.